The van der Waals surface area contributed by atoms with Gasteiger partial charge in [0.25, 0.3) is 10.1 Å². The Balaban J connectivity index is 0.000000267. The molecule has 1 aliphatic heterocycles. The molecule has 1 fully saturated rings. The number of hydrogen-bond acceptors (Lipinski definition) is 4. The van der Waals surface area contributed by atoms with Crippen molar-refractivity contribution in [2.24, 2.45) is 0 Å². The second-order valence-corrected chi connectivity index (χ2v) is 4.54. The second kappa shape index (κ2) is 5.83. The molecule has 0 aliphatic carbocycles. The van der Waals surface area contributed by atoms with Crippen molar-refractivity contribution in [3.05, 3.63) is 24.3 Å². The van der Waals surface area contributed by atoms with E-state index in [2.05, 4.69) is 0 Å². The van der Waals surface area contributed by atoms with Gasteiger partial charge in [-0.25, -0.2) is 0 Å². The molecular weight excluding hydrogens is 232 g/mol. The van der Waals surface area contributed by atoms with Crippen molar-refractivity contribution in [3.8, 4) is 5.75 Å². The van der Waals surface area contributed by atoms with E-state index in [1.54, 1.807) is 6.07 Å². The first-order valence-electron chi connectivity index (χ1n) is 4.73. The van der Waals surface area contributed by atoms with Crippen molar-refractivity contribution in [1.29, 1.82) is 0 Å². The normalized spacial score (nSPS) is 14.4. The Morgan fingerprint density at radius 3 is 2.31 bits per heavy atom. The summed E-state index contributed by atoms with van der Waals surface area (Å²) in [7, 11) is -2.70. The third kappa shape index (κ3) is 4.18. The fourth-order valence-electron chi connectivity index (χ4n) is 0.906. The van der Waals surface area contributed by atoms with Gasteiger partial charge in [-0.2, -0.15) is 8.42 Å². The molecule has 0 bridgehead atoms. The Morgan fingerprint density at radius 2 is 1.94 bits per heavy atom. The number of benzene rings is 1. The predicted molar refractivity (Wildman–Crippen MR) is 58.2 cm³/mol. The van der Waals surface area contributed by atoms with E-state index in [-0.39, 0.29) is 4.90 Å². The van der Waals surface area contributed by atoms with Gasteiger partial charge in [0.2, 0.25) is 0 Å². The van der Waals surface area contributed by atoms with Gasteiger partial charge < -0.3 is 9.47 Å². The van der Waals surface area contributed by atoms with Gasteiger partial charge in [-0.15, -0.1) is 0 Å². The Morgan fingerprint density at radius 1 is 1.38 bits per heavy atom. The third-order valence-corrected chi connectivity index (χ3v) is 2.77. The van der Waals surface area contributed by atoms with Crippen molar-refractivity contribution in [2.45, 2.75) is 11.3 Å². The number of hydrogen-bond donors (Lipinski definition) is 1. The molecule has 0 spiro atoms. The summed E-state index contributed by atoms with van der Waals surface area (Å²) in [5, 5.41) is 0. The lowest BCUT2D eigenvalue weighted by Gasteiger charge is -2.09. The fraction of sp³-hybridized carbons (Fsp3) is 0.400. The van der Waals surface area contributed by atoms with Crippen LogP contribution in [0.1, 0.15) is 6.42 Å². The molecule has 0 saturated carbocycles. The average molecular weight is 246 g/mol. The van der Waals surface area contributed by atoms with Crippen LogP contribution in [-0.4, -0.2) is 33.3 Å². The zero-order chi connectivity index (χ0) is 12.0. The summed E-state index contributed by atoms with van der Waals surface area (Å²) in [5.41, 5.74) is 0. The van der Waals surface area contributed by atoms with Crippen molar-refractivity contribution >= 4 is 10.1 Å². The highest BCUT2D eigenvalue weighted by molar-refractivity contribution is 7.85. The first-order chi connectivity index (χ1) is 7.54. The minimum absolute atomic E-state index is 0.165. The molecular formula is C10H14O5S. The molecule has 1 N–H and O–H groups in total. The summed E-state index contributed by atoms with van der Waals surface area (Å²) in [6, 6.07) is 5.61. The monoisotopic (exact) mass is 246 g/mol. The van der Waals surface area contributed by atoms with Gasteiger partial charge in [-0.1, -0.05) is 6.07 Å². The summed E-state index contributed by atoms with van der Waals surface area (Å²) in [6.45, 7) is 2.00. The highest BCUT2D eigenvalue weighted by Gasteiger charge is 2.08. The van der Waals surface area contributed by atoms with Crippen LogP contribution >= 0.6 is 0 Å². The van der Waals surface area contributed by atoms with E-state index in [0.717, 1.165) is 13.2 Å². The Labute approximate surface area is 94.7 Å². The summed E-state index contributed by atoms with van der Waals surface area (Å²) in [4.78, 5) is -0.165. The molecule has 0 radical (unpaired) electrons. The van der Waals surface area contributed by atoms with Crippen LogP contribution in [0.4, 0.5) is 0 Å². The van der Waals surface area contributed by atoms with Crippen LogP contribution in [0.5, 0.6) is 5.75 Å². The Hall–Kier alpha value is -1.11. The highest BCUT2D eigenvalue weighted by atomic mass is 32.2. The SMILES string of the molecule is C1COC1.COc1cccc(S(=O)(=O)O)c1. The summed E-state index contributed by atoms with van der Waals surface area (Å²) in [6.07, 6.45) is 1.28. The van der Waals surface area contributed by atoms with Gasteiger partial charge in [0.05, 0.1) is 12.0 Å². The van der Waals surface area contributed by atoms with E-state index in [0.29, 0.717) is 5.75 Å². The number of ether oxygens (including phenoxy) is 2. The van der Waals surface area contributed by atoms with Crippen LogP contribution in [0.15, 0.2) is 29.2 Å². The lowest BCUT2D eigenvalue weighted by Crippen LogP contribution is -2.09. The molecule has 1 heterocycles. The van der Waals surface area contributed by atoms with Gasteiger partial charge in [0, 0.05) is 19.3 Å². The minimum atomic E-state index is -4.12. The molecule has 5 nitrogen and oxygen atoms in total. The molecule has 0 amide bonds. The first-order valence-corrected chi connectivity index (χ1v) is 6.17. The number of rotatable bonds is 2. The van der Waals surface area contributed by atoms with Crippen LogP contribution in [-0.2, 0) is 14.9 Å². The fourth-order valence-corrected chi connectivity index (χ4v) is 1.42. The first kappa shape index (κ1) is 13.0. The molecule has 90 valence electrons. The van der Waals surface area contributed by atoms with E-state index in [4.69, 9.17) is 14.0 Å². The van der Waals surface area contributed by atoms with E-state index in [1.165, 1.54) is 31.7 Å². The average Bonchev–Trinajstić information content (AvgIpc) is 2.14. The molecule has 6 heteroatoms. The van der Waals surface area contributed by atoms with Crippen LogP contribution in [0, 0.1) is 0 Å². The smallest absolute Gasteiger partial charge is 0.294 e. The molecule has 16 heavy (non-hydrogen) atoms. The van der Waals surface area contributed by atoms with Crippen molar-refractivity contribution in [1.82, 2.24) is 0 Å². The molecule has 2 rings (SSSR count). The summed E-state index contributed by atoms with van der Waals surface area (Å²) >= 11 is 0. The molecule has 1 aromatic carbocycles. The zero-order valence-corrected chi connectivity index (χ0v) is 9.74. The lowest BCUT2D eigenvalue weighted by atomic mass is 10.3. The van der Waals surface area contributed by atoms with Gasteiger partial charge in [-0.05, 0) is 18.6 Å². The van der Waals surface area contributed by atoms with E-state index in [9.17, 15) is 8.42 Å². The van der Waals surface area contributed by atoms with Gasteiger partial charge in [0.15, 0.2) is 0 Å². The summed E-state index contributed by atoms with van der Waals surface area (Å²) in [5.74, 6) is 0.394. The standard InChI is InChI=1S/C7H8O4S.C3H6O/c1-11-6-3-2-4-7(5-6)12(8,9)10;1-2-4-3-1/h2-5H,1H3,(H,8,9,10);1-3H2. The van der Waals surface area contributed by atoms with Crippen LogP contribution in [0.2, 0.25) is 0 Å². The van der Waals surface area contributed by atoms with E-state index in [1.807, 2.05) is 0 Å². The maximum Gasteiger partial charge on any atom is 0.294 e. The molecule has 1 saturated heterocycles. The van der Waals surface area contributed by atoms with Gasteiger partial charge in [0.1, 0.15) is 5.75 Å². The lowest BCUT2D eigenvalue weighted by molar-refractivity contribution is 0.0367. The Bertz CT molecular complexity index is 419. The second-order valence-electron chi connectivity index (χ2n) is 3.12. The zero-order valence-electron chi connectivity index (χ0n) is 8.92. The topological polar surface area (TPSA) is 72.8 Å². The van der Waals surface area contributed by atoms with E-state index >= 15 is 0 Å². The van der Waals surface area contributed by atoms with Crippen LogP contribution in [0.25, 0.3) is 0 Å². The minimum Gasteiger partial charge on any atom is -0.497 e. The molecule has 1 aliphatic rings. The van der Waals surface area contributed by atoms with E-state index < -0.39 is 10.1 Å². The van der Waals surface area contributed by atoms with Gasteiger partial charge in [-0.3, -0.25) is 4.55 Å². The summed E-state index contributed by atoms with van der Waals surface area (Å²) < 4.78 is 39.3. The van der Waals surface area contributed by atoms with Crippen molar-refractivity contribution in [2.75, 3.05) is 20.3 Å². The molecule has 0 aromatic heterocycles. The quantitative estimate of drug-likeness (QED) is 0.797. The highest BCUT2D eigenvalue weighted by Crippen LogP contribution is 2.16. The third-order valence-electron chi connectivity index (χ3n) is 1.92. The maximum absolute atomic E-state index is 10.6. The van der Waals surface area contributed by atoms with Crippen LogP contribution in [0.3, 0.4) is 0 Å². The molecule has 0 unspecified atom stereocenters. The predicted octanol–water partition coefficient (Wildman–Crippen LogP) is 1.35. The molecule has 0 atom stereocenters. The Kier molecular flexibility index (Phi) is 4.72. The van der Waals surface area contributed by atoms with Crippen molar-refractivity contribution < 1.29 is 22.4 Å². The van der Waals surface area contributed by atoms with Gasteiger partial charge >= 0.3 is 0 Å². The molecule has 1 aromatic rings. The van der Waals surface area contributed by atoms with Crippen molar-refractivity contribution in [3.63, 3.8) is 0 Å². The van der Waals surface area contributed by atoms with Crippen LogP contribution < -0.4 is 4.74 Å². The maximum atomic E-state index is 10.6. The number of methoxy groups -OCH3 is 1. The largest absolute Gasteiger partial charge is 0.497 e.